The Labute approximate surface area is 115 Å². The first-order chi connectivity index (χ1) is 9.04. The maximum atomic E-state index is 13.3. The van der Waals surface area contributed by atoms with Crippen molar-refractivity contribution in [3.63, 3.8) is 0 Å². The zero-order chi connectivity index (χ0) is 15.2. The second kappa shape index (κ2) is 4.70. The van der Waals surface area contributed by atoms with E-state index in [1.807, 2.05) is 13.8 Å². The average Bonchev–Trinajstić information content (AvgIpc) is 3.05. The summed E-state index contributed by atoms with van der Waals surface area (Å²) in [6, 6.07) is 3.19. The summed E-state index contributed by atoms with van der Waals surface area (Å²) in [5.74, 6) is -1.24. The zero-order valence-electron chi connectivity index (χ0n) is 11.4. The van der Waals surface area contributed by atoms with Crippen molar-refractivity contribution in [1.82, 2.24) is 5.32 Å². The van der Waals surface area contributed by atoms with Gasteiger partial charge >= 0.3 is 6.18 Å². The molecule has 0 unspecified atom stereocenters. The summed E-state index contributed by atoms with van der Waals surface area (Å²) < 4.78 is 51.5. The molecule has 0 spiro atoms. The number of nitrogens with one attached hydrogen (secondary N) is 1. The topological polar surface area (TPSA) is 38.0 Å². The molecule has 0 saturated heterocycles. The van der Waals surface area contributed by atoms with Gasteiger partial charge < -0.3 is 11.1 Å². The molecule has 1 saturated carbocycles. The Morgan fingerprint density at radius 1 is 1.25 bits per heavy atom. The van der Waals surface area contributed by atoms with Gasteiger partial charge in [0, 0.05) is 17.6 Å². The van der Waals surface area contributed by atoms with Crippen LogP contribution in [0.5, 0.6) is 0 Å². The van der Waals surface area contributed by atoms with Gasteiger partial charge in [0.15, 0.2) is 0 Å². The Morgan fingerprint density at radius 2 is 1.85 bits per heavy atom. The van der Waals surface area contributed by atoms with Crippen LogP contribution in [0.3, 0.4) is 0 Å². The van der Waals surface area contributed by atoms with E-state index in [1.54, 1.807) is 0 Å². The first-order valence-electron chi connectivity index (χ1n) is 6.45. The highest BCUT2D eigenvalue weighted by Crippen LogP contribution is 2.47. The van der Waals surface area contributed by atoms with Crippen molar-refractivity contribution in [2.75, 3.05) is 6.54 Å². The van der Waals surface area contributed by atoms with Crippen molar-refractivity contribution < 1.29 is 17.6 Å². The van der Waals surface area contributed by atoms with Gasteiger partial charge in [-0.2, -0.15) is 13.2 Å². The smallest absolute Gasteiger partial charge is 0.324 e. The molecular weight excluding hydrogens is 272 g/mol. The molecular formula is C14H18F4N2. The van der Waals surface area contributed by atoms with E-state index in [0.717, 1.165) is 25.0 Å². The third-order valence-corrected chi connectivity index (χ3v) is 3.46. The number of alkyl halides is 3. The fourth-order valence-corrected chi connectivity index (χ4v) is 2.13. The van der Waals surface area contributed by atoms with Gasteiger partial charge in [0.1, 0.15) is 5.82 Å². The summed E-state index contributed by atoms with van der Waals surface area (Å²) in [6.45, 7) is 4.15. The average molecular weight is 290 g/mol. The van der Waals surface area contributed by atoms with Crippen LogP contribution in [0.4, 0.5) is 17.6 Å². The molecule has 112 valence electrons. The van der Waals surface area contributed by atoms with Gasteiger partial charge in [0.05, 0.1) is 5.56 Å². The van der Waals surface area contributed by atoms with Crippen LogP contribution in [0.1, 0.15) is 37.8 Å². The molecule has 1 fully saturated rings. The highest BCUT2D eigenvalue weighted by Gasteiger charge is 2.46. The van der Waals surface area contributed by atoms with E-state index in [0.29, 0.717) is 12.1 Å². The summed E-state index contributed by atoms with van der Waals surface area (Å²) in [5.41, 5.74) is 4.17. The minimum absolute atomic E-state index is 0.456. The molecule has 0 bridgehead atoms. The minimum Gasteiger partial charge on any atom is -0.324 e. The Bertz CT molecular complexity index is 499. The molecule has 2 rings (SSSR count). The lowest BCUT2D eigenvalue weighted by Crippen LogP contribution is -2.46. The van der Waals surface area contributed by atoms with Crippen molar-refractivity contribution in [3.8, 4) is 0 Å². The number of benzene rings is 1. The van der Waals surface area contributed by atoms with E-state index in [1.165, 1.54) is 6.07 Å². The van der Waals surface area contributed by atoms with E-state index in [2.05, 4.69) is 5.32 Å². The van der Waals surface area contributed by atoms with E-state index in [4.69, 9.17) is 5.73 Å². The van der Waals surface area contributed by atoms with Crippen LogP contribution in [-0.4, -0.2) is 12.1 Å². The maximum absolute atomic E-state index is 13.3. The van der Waals surface area contributed by atoms with Gasteiger partial charge in [-0.15, -0.1) is 0 Å². The number of hydrogen-bond acceptors (Lipinski definition) is 2. The van der Waals surface area contributed by atoms with Gasteiger partial charge in [0.2, 0.25) is 0 Å². The highest BCUT2D eigenvalue weighted by molar-refractivity contribution is 5.36. The Balaban J connectivity index is 2.25. The summed E-state index contributed by atoms with van der Waals surface area (Å²) in [7, 11) is 0. The van der Waals surface area contributed by atoms with Gasteiger partial charge in [0.25, 0.3) is 0 Å². The molecule has 6 heteroatoms. The summed E-state index contributed by atoms with van der Waals surface area (Å²) >= 11 is 0. The van der Waals surface area contributed by atoms with Crippen LogP contribution >= 0.6 is 0 Å². The minimum atomic E-state index is -4.68. The van der Waals surface area contributed by atoms with Crippen LogP contribution < -0.4 is 11.1 Å². The number of rotatable bonds is 4. The highest BCUT2D eigenvalue weighted by atomic mass is 19.4. The molecule has 0 aromatic heterocycles. The molecule has 1 aliphatic carbocycles. The van der Waals surface area contributed by atoms with Crippen molar-refractivity contribution in [2.24, 2.45) is 5.73 Å². The van der Waals surface area contributed by atoms with Crippen LogP contribution in [0.2, 0.25) is 0 Å². The van der Waals surface area contributed by atoms with Crippen molar-refractivity contribution in [1.29, 1.82) is 0 Å². The van der Waals surface area contributed by atoms with E-state index in [-0.39, 0.29) is 0 Å². The lowest BCUT2D eigenvalue weighted by molar-refractivity contribution is -0.140. The zero-order valence-corrected chi connectivity index (χ0v) is 11.4. The van der Waals surface area contributed by atoms with Gasteiger partial charge in [-0.05, 0) is 44.4 Å². The second-order valence-electron chi connectivity index (χ2n) is 6.12. The Hall–Kier alpha value is -1.14. The number of hydrogen-bond donors (Lipinski definition) is 2. The van der Waals surface area contributed by atoms with Crippen LogP contribution in [0.25, 0.3) is 0 Å². The fourth-order valence-electron chi connectivity index (χ4n) is 2.13. The Kier molecular flexibility index (Phi) is 3.59. The second-order valence-corrected chi connectivity index (χ2v) is 6.12. The largest absolute Gasteiger partial charge is 0.419 e. The molecule has 20 heavy (non-hydrogen) atoms. The van der Waals surface area contributed by atoms with Crippen LogP contribution in [-0.2, 0) is 11.7 Å². The third-order valence-electron chi connectivity index (χ3n) is 3.46. The van der Waals surface area contributed by atoms with E-state index in [9.17, 15) is 17.6 Å². The predicted octanol–water partition coefficient (Wildman–Crippen LogP) is 3.16. The SMILES string of the molecule is CC(C)(N)CNC1(c2ccc(F)c(C(F)(F)F)c2)CC1. The van der Waals surface area contributed by atoms with Gasteiger partial charge in [-0.3, -0.25) is 0 Å². The van der Waals surface area contributed by atoms with Crippen LogP contribution in [0, 0.1) is 5.82 Å². The third kappa shape index (κ3) is 3.30. The lowest BCUT2D eigenvalue weighted by atomic mass is 9.99. The predicted molar refractivity (Wildman–Crippen MR) is 68.6 cm³/mol. The molecule has 3 N–H and O–H groups in total. The monoisotopic (exact) mass is 290 g/mol. The van der Waals surface area contributed by atoms with E-state index < -0.39 is 28.6 Å². The summed E-state index contributed by atoms with van der Waals surface area (Å²) in [5, 5.41) is 3.21. The van der Waals surface area contributed by atoms with Gasteiger partial charge in [-0.1, -0.05) is 6.07 Å². The molecule has 1 aliphatic rings. The quantitative estimate of drug-likeness (QED) is 0.836. The fraction of sp³-hybridized carbons (Fsp3) is 0.571. The van der Waals surface area contributed by atoms with Crippen LogP contribution in [0.15, 0.2) is 18.2 Å². The molecule has 1 aromatic carbocycles. The molecule has 0 amide bonds. The van der Waals surface area contributed by atoms with Crippen molar-refractivity contribution >= 4 is 0 Å². The normalized spacial score (nSPS) is 18.1. The van der Waals surface area contributed by atoms with Crippen molar-refractivity contribution in [2.45, 2.75) is 43.9 Å². The summed E-state index contributed by atoms with van der Waals surface area (Å²) in [4.78, 5) is 0. The molecule has 0 aliphatic heterocycles. The molecule has 2 nitrogen and oxygen atoms in total. The maximum Gasteiger partial charge on any atom is 0.419 e. The van der Waals surface area contributed by atoms with E-state index >= 15 is 0 Å². The number of nitrogens with two attached hydrogens (primary N) is 1. The lowest BCUT2D eigenvalue weighted by Gasteiger charge is -2.25. The molecule has 0 heterocycles. The van der Waals surface area contributed by atoms with Gasteiger partial charge in [-0.25, -0.2) is 4.39 Å². The first-order valence-corrected chi connectivity index (χ1v) is 6.45. The molecule has 0 radical (unpaired) electrons. The molecule has 1 aromatic rings. The standard InChI is InChI=1S/C14H18F4N2/c1-12(2,19)8-20-13(5-6-13)9-3-4-11(15)10(7-9)14(16,17)18/h3-4,7,20H,5-6,8,19H2,1-2H3. The molecule has 0 atom stereocenters. The summed E-state index contributed by atoms with van der Waals surface area (Å²) in [6.07, 6.45) is -3.22. The first kappa shape index (κ1) is 15.3. The number of halogens is 4. The van der Waals surface area contributed by atoms with Crippen molar-refractivity contribution in [3.05, 3.63) is 35.1 Å². The Morgan fingerprint density at radius 3 is 2.30 bits per heavy atom.